The second kappa shape index (κ2) is 3.52. The SMILES string of the molecule is C1CC[C@@H](C2OCCO2)NC1. The summed E-state index contributed by atoms with van der Waals surface area (Å²) in [5, 5.41) is 3.41. The van der Waals surface area contributed by atoms with E-state index >= 15 is 0 Å². The van der Waals surface area contributed by atoms with Crippen molar-refractivity contribution >= 4 is 0 Å². The lowest BCUT2D eigenvalue weighted by Gasteiger charge is -2.27. The maximum atomic E-state index is 5.41. The Morgan fingerprint density at radius 2 is 1.91 bits per heavy atom. The van der Waals surface area contributed by atoms with E-state index < -0.39 is 0 Å². The van der Waals surface area contributed by atoms with E-state index in [0.29, 0.717) is 6.04 Å². The second-order valence-corrected chi connectivity index (χ2v) is 3.17. The van der Waals surface area contributed by atoms with Gasteiger partial charge in [0, 0.05) is 0 Å². The Labute approximate surface area is 67.1 Å². The summed E-state index contributed by atoms with van der Waals surface area (Å²) in [5.41, 5.74) is 0. The minimum absolute atomic E-state index is 0.0373. The predicted molar refractivity (Wildman–Crippen MR) is 41.3 cm³/mol. The van der Waals surface area contributed by atoms with Crippen LogP contribution in [0.15, 0.2) is 0 Å². The lowest BCUT2D eigenvalue weighted by Crippen LogP contribution is -2.43. The van der Waals surface area contributed by atoms with E-state index in [0.717, 1.165) is 19.8 Å². The molecule has 0 aliphatic carbocycles. The van der Waals surface area contributed by atoms with Gasteiger partial charge in [-0.25, -0.2) is 0 Å². The molecule has 0 aromatic carbocycles. The molecular formula is C8H15NO2. The van der Waals surface area contributed by atoms with Crippen LogP contribution in [0.1, 0.15) is 19.3 Å². The van der Waals surface area contributed by atoms with Gasteiger partial charge in [0.2, 0.25) is 0 Å². The summed E-state index contributed by atoms with van der Waals surface area (Å²) in [4.78, 5) is 0. The maximum Gasteiger partial charge on any atom is 0.172 e. The van der Waals surface area contributed by atoms with Crippen LogP contribution in [0.2, 0.25) is 0 Å². The fraction of sp³-hybridized carbons (Fsp3) is 1.00. The van der Waals surface area contributed by atoms with E-state index in [4.69, 9.17) is 9.47 Å². The average molecular weight is 157 g/mol. The molecule has 2 saturated heterocycles. The van der Waals surface area contributed by atoms with Gasteiger partial charge in [0.1, 0.15) is 0 Å². The Bertz CT molecular complexity index is 117. The fourth-order valence-corrected chi connectivity index (χ4v) is 1.72. The van der Waals surface area contributed by atoms with Crippen molar-refractivity contribution in [2.45, 2.75) is 31.6 Å². The van der Waals surface area contributed by atoms with Crippen LogP contribution in [0.3, 0.4) is 0 Å². The fourth-order valence-electron chi connectivity index (χ4n) is 1.72. The molecule has 2 fully saturated rings. The van der Waals surface area contributed by atoms with Gasteiger partial charge in [-0.1, -0.05) is 6.42 Å². The summed E-state index contributed by atoms with van der Waals surface area (Å²) in [6.07, 6.45) is 3.84. The van der Waals surface area contributed by atoms with Crippen molar-refractivity contribution in [1.29, 1.82) is 0 Å². The van der Waals surface area contributed by atoms with Gasteiger partial charge >= 0.3 is 0 Å². The molecule has 0 spiro atoms. The molecule has 2 aliphatic rings. The molecule has 11 heavy (non-hydrogen) atoms. The first-order valence-electron chi connectivity index (χ1n) is 4.43. The average Bonchev–Trinajstić information content (AvgIpc) is 2.58. The van der Waals surface area contributed by atoms with Crippen molar-refractivity contribution in [3.05, 3.63) is 0 Å². The highest BCUT2D eigenvalue weighted by molar-refractivity contribution is 4.76. The quantitative estimate of drug-likeness (QED) is 0.601. The highest BCUT2D eigenvalue weighted by atomic mass is 16.7. The largest absolute Gasteiger partial charge is 0.349 e. The van der Waals surface area contributed by atoms with Crippen LogP contribution in [-0.2, 0) is 9.47 Å². The zero-order valence-corrected chi connectivity index (χ0v) is 6.71. The molecule has 0 unspecified atom stereocenters. The minimum atomic E-state index is 0.0373. The molecule has 0 aromatic heterocycles. The number of rotatable bonds is 1. The topological polar surface area (TPSA) is 30.5 Å². The van der Waals surface area contributed by atoms with Gasteiger partial charge in [-0.2, -0.15) is 0 Å². The predicted octanol–water partition coefficient (Wildman–Crippen LogP) is 0.501. The molecule has 2 heterocycles. The van der Waals surface area contributed by atoms with Gasteiger partial charge in [0.25, 0.3) is 0 Å². The summed E-state index contributed by atoms with van der Waals surface area (Å²) in [6.45, 7) is 2.65. The summed E-state index contributed by atoms with van der Waals surface area (Å²) in [6, 6.07) is 0.450. The third-order valence-electron chi connectivity index (χ3n) is 2.32. The second-order valence-electron chi connectivity index (χ2n) is 3.17. The van der Waals surface area contributed by atoms with E-state index in [1.165, 1.54) is 19.3 Å². The minimum Gasteiger partial charge on any atom is -0.349 e. The first kappa shape index (κ1) is 7.53. The smallest absolute Gasteiger partial charge is 0.172 e. The van der Waals surface area contributed by atoms with Crippen molar-refractivity contribution in [2.75, 3.05) is 19.8 Å². The van der Waals surface area contributed by atoms with Gasteiger partial charge < -0.3 is 14.8 Å². The molecule has 0 bridgehead atoms. The summed E-state index contributed by atoms with van der Waals surface area (Å²) in [5.74, 6) is 0. The first-order valence-corrected chi connectivity index (χ1v) is 4.43. The molecule has 1 N–H and O–H groups in total. The van der Waals surface area contributed by atoms with E-state index in [1.54, 1.807) is 0 Å². The highest BCUT2D eigenvalue weighted by Gasteiger charge is 2.27. The Hall–Kier alpha value is -0.120. The zero-order valence-electron chi connectivity index (χ0n) is 6.71. The third kappa shape index (κ3) is 1.72. The number of nitrogens with one attached hydrogen (secondary N) is 1. The summed E-state index contributed by atoms with van der Waals surface area (Å²) < 4.78 is 10.8. The van der Waals surface area contributed by atoms with Crippen molar-refractivity contribution in [1.82, 2.24) is 5.32 Å². The number of ether oxygens (including phenoxy) is 2. The van der Waals surface area contributed by atoms with Gasteiger partial charge in [-0.15, -0.1) is 0 Å². The summed E-state index contributed by atoms with van der Waals surface area (Å²) >= 11 is 0. The summed E-state index contributed by atoms with van der Waals surface area (Å²) in [7, 11) is 0. The van der Waals surface area contributed by atoms with Crippen LogP contribution in [0.4, 0.5) is 0 Å². The Morgan fingerprint density at radius 1 is 1.09 bits per heavy atom. The van der Waals surface area contributed by atoms with Crippen LogP contribution in [-0.4, -0.2) is 32.1 Å². The first-order chi connectivity index (χ1) is 5.47. The highest BCUT2D eigenvalue weighted by Crippen LogP contribution is 2.16. The Balaban J connectivity index is 1.82. The van der Waals surface area contributed by atoms with Gasteiger partial charge in [0.15, 0.2) is 6.29 Å². The molecule has 3 heteroatoms. The molecule has 0 amide bonds. The van der Waals surface area contributed by atoms with Crippen LogP contribution >= 0.6 is 0 Å². The van der Waals surface area contributed by atoms with E-state index in [1.807, 2.05) is 0 Å². The van der Waals surface area contributed by atoms with Gasteiger partial charge in [-0.3, -0.25) is 0 Å². The monoisotopic (exact) mass is 157 g/mol. The standard InChI is InChI=1S/C8H15NO2/c1-2-4-9-7(3-1)8-10-5-6-11-8/h7-9H,1-6H2/t7-/m0/s1. The molecule has 2 aliphatic heterocycles. The molecule has 0 saturated carbocycles. The number of hydrogen-bond acceptors (Lipinski definition) is 3. The van der Waals surface area contributed by atoms with Crippen molar-refractivity contribution < 1.29 is 9.47 Å². The van der Waals surface area contributed by atoms with Crippen LogP contribution in [0, 0.1) is 0 Å². The molecular weight excluding hydrogens is 142 g/mol. The number of hydrogen-bond donors (Lipinski definition) is 1. The molecule has 64 valence electrons. The molecule has 2 rings (SSSR count). The molecule has 3 nitrogen and oxygen atoms in total. The Kier molecular flexibility index (Phi) is 2.41. The van der Waals surface area contributed by atoms with Crippen molar-refractivity contribution in [2.24, 2.45) is 0 Å². The third-order valence-corrected chi connectivity index (χ3v) is 2.32. The van der Waals surface area contributed by atoms with E-state index in [2.05, 4.69) is 5.32 Å². The van der Waals surface area contributed by atoms with Gasteiger partial charge in [0.05, 0.1) is 19.3 Å². The van der Waals surface area contributed by atoms with Crippen molar-refractivity contribution in [3.8, 4) is 0 Å². The van der Waals surface area contributed by atoms with Crippen molar-refractivity contribution in [3.63, 3.8) is 0 Å². The van der Waals surface area contributed by atoms with E-state index in [9.17, 15) is 0 Å². The number of piperidine rings is 1. The normalized spacial score (nSPS) is 34.4. The zero-order chi connectivity index (χ0) is 7.52. The maximum absolute atomic E-state index is 5.41. The van der Waals surface area contributed by atoms with Crippen LogP contribution in [0.5, 0.6) is 0 Å². The molecule has 0 radical (unpaired) electrons. The van der Waals surface area contributed by atoms with E-state index in [-0.39, 0.29) is 6.29 Å². The molecule has 1 atom stereocenters. The lowest BCUT2D eigenvalue weighted by molar-refractivity contribution is -0.0723. The Morgan fingerprint density at radius 3 is 2.55 bits per heavy atom. The lowest BCUT2D eigenvalue weighted by atomic mass is 10.0. The van der Waals surface area contributed by atoms with Crippen LogP contribution < -0.4 is 5.32 Å². The van der Waals surface area contributed by atoms with Crippen LogP contribution in [0.25, 0.3) is 0 Å². The molecule has 0 aromatic rings. The van der Waals surface area contributed by atoms with Gasteiger partial charge in [-0.05, 0) is 19.4 Å².